The van der Waals surface area contributed by atoms with Crippen LogP contribution in [0.25, 0.3) is 10.9 Å². The lowest BCUT2D eigenvalue weighted by atomic mass is 10.2. The zero-order valence-corrected chi connectivity index (χ0v) is 19.1. The van der Waals surface area contributed by atoms with Gasteiger partial charge in [-0.3, -0.25) is 14.2 Å². The van der Waals surface area contributed by atoms with Gasteiger partial charge in [0.2, 0.25) is 5.91 Å². The van der Waals surface area contributed by atoms with Crippen LogP contribution in [0, 0.1) is 0 Å². The van der Waals surface area contributed by atoms with E-state index in [2.05, 4.69) is 15.6 Å². The third-order valence-electron chi connectivity index (χ3n) is 5.36. The number of benzene rings is 3. The Balaban J connectivity index is 1.33. The van der Waals surface area contributed by atoms with Crippen molar-refractivity contribution in [2.45, 2.75) is 19.4 Å². The van der Waals surface area contributed by atoms with Crippen molar-refractivity contribution in [3.8, 4) is 11.5 Å². The third-order valence-corrected chi connectivity index (χ3v) is 5.36. The summed E-state index contributed by atoms with van der Waals surface area (Å²) < 4.78 is 12.1. The summed E-state index contributed by atoms with van der Waals surface area (Å²) in [7, 11) is 3.05. The third kappa shape index (κ3) is 5.35. The van der Waals surface area contributed by atoms with Crippen LogP contribution in [-0.4, -0.2) is 29.7 Å². The molecule has 0 aliphatic heterocycles. The maximum atomic E-state index is 12.8. The van der Waals surface area contributed by atoms with Crippen LogP contribution in [0.1, 0.15) is 12.8 Å². The summed E-state index contributed by atoms with van der Waals surface area (Å²) in [4.78, 5) is 29.6. The van der Waals surface area contributed by atoms with Gasteiger partial charge in [0.05, 0.1) is 31.4 Å². The van der Waals surface area contributed by atoms with E-state index in [9.17, 15) is 9.59 Å². The number of amides is 1. The number of anilines is 3. The van der Waals surface area contributed by atoms with Gasteiger partial charge >= 0.3 is 0 Å². The quantitative estimate of drug-likeness (QED) is 0.381. The van der Waals surface area contributed by atoms with Crippen molar-refractivity contribution in [2.24, 2.45) is 0 Å². The first-order valence-electron chi connectivity index (χ1n) is 10.9. The van der Waals surface area contributed by atoms with Gasteiger partial charge in [0, 0.05) is 36.1 Å². The van der Waals surface area contributed by atoms with Crippen molar-refractivity contribution in [3.63, 3.8) is 0 Å². The molecule has 2 N–H and O–H groups in total. The fourth-order valence-corrected chi connectivity index (χ4v) is 3.60. The van der Waals surface area contributed by atoms with E-state index in [-0.39, 0.29) is 17.9 Å². The number of nitrogens with one attached hydrogen (secondary N) is 2. The van der Waals surface area contributed by atoms with Gasteiger partial charge in [0.15, 0.2) is 11.5 Å². The zero-order chi connectivity index (χ0) is 23.9. The number of ether oxygens (including phenoxy) is 2. The lowest BCUT2D eigenvalue weighted by Gasteiger charge is -2.11. The van der Waals surface area contributed by atoms with Crippen molar-refractivity contribution in [1.82, 2.24) is 9.55 Å². The highest BCUT2D eigenvalue weighted by atomic mass is 16.5. The van der Waals surface area contributed by atoms with Crippen LogP contribution in [0.3, 0.4) is 0 Å². The number of carbonyl (C=O) groups excluding carboxylic acids is 1. The number of aryl methyl sites for hydroxylation is 1. The van der Waals surface area contributed by atoms with Crippen molar-refractivity contribution < 1.29 is 14.3 Å². The molecule has 0 aliphatic carbocycles. The molecule has 0 aliphatic rings. The maximum Gasteiger partial charge on any atom is 0.261 e. The lowest BCUT2D eigenvalue weighted by molar-refractivity contribution is -0.116. The molecule has 0 atom stereocenters. The molecule has 0 unspecified atom stereocenters. The lowest BCUT2D eigenvalue weighted by Crippen LogP contribution is -2.22. The van der Waals surface area contributed by atoms with Gasteiger partial charge in [-0.15, -0.1) is 0 Å². The molecule has 8 nitrogen and oxygen atoms in total. The van der Waals surface area contributed by atoms with E-state index in [1.807, 2.05) is 54.6 Å². The highest BCUT2D eigenvalue weighted by Crippen LogP contribution is 2.29. The summed E-state index contributed by atoms with van der Waals surface area (Å²) in [6, 6.07) is 20.7. The van der Waals surface area contributed by atoms with Gasteiger partial charge < -0.3 is 20.1 Å². The molecule has 0 saturated heterocycles. The standard InChI is InChI=1S/C26H26N4O4/c1-33-23-15-21-22(16-24(23)34-2)27-17-30(26(21)32)14-6-9-25(31)29-20-12-10-19(11-13-20)28-18-7-4-3-5-8-18/h3-5,7-8,10-13,15-17,28H,6,9,14H2,1-2H3,(H,29,31). The number of hydrogen-bond donors (Lipinski definition) is 2. The SMILES string of the molecule is COc1cc2ncn(CCCC(=O)Nc3ccc(Nc4ccccc4)cc3)c(=O)c2cc1OC. The Labute approximate surface area is 197 Å². The molecular weight excluding hydrogens is 432 g/mol. The molecule has 4 aromatic rings. The molecule has 3 aromatic carbocycles. The Morgan fingerprint density at radius 2 is 1.56 bits per heavy atom. The largest absolute Gasteiger partial charge is 0.493 e. The van der Waals surface area contributed by atoms with Crippen LogP contribution in [-0.2, 0) is 11.3 Å². The molecule has 174 valence electrons. The Hall–Kier alpha value is -4.33. The second-order valence-corrected chi connectivity index (χ2v) is 7.69. The van der Waals surface area contributed by atoms with Crippen molar-refractivity contribution >= 4 is 33.9 Å². The predicted molar refractivity (Wildman–Crippen MR) is 133 cm³/mol. The zero-order valence-electron chi connectivity index (χ0n) is 19.1. The number of hydrogen-bond acceptors (Lipinski definition) is 6. The molecule has 0 saturated carbocycles. The van der Waals surface area contributed by atoms with Crippen LogP contribution in [0.2, 0.25) is 0 Å². The Morgan fingerprint density at radius 3 is 2.26 bits per heavy atom. The average molecular weight is 459 g/mol. The number of carbonyl (C=O) groups is 1. The van der Waals surface area contributed by atoms with Gasteiger partial charge in [-0.05, 0) is 48.9 Å². The minimum absolute atomic E-state index is 0.114. The summed E-state index contributed by atoms with van der Waals surface area (Å²) in [6.45, 7) is 0.378. The van der Waals surface area contributed by atoms with Crippen molar-refractivity contribution in [1.29, 1.82) is 0 Å². The minimum Gasteiger partial charge on any atom is -0.493 e. The number of aromatic nitrogens is 2. The normalized spacial score (nSPS) is 10.6. The smallest absolute Gasteiger partial charge is 0.261 e. The first-order chi connectivity index (χ1) is 16.6. The van der Waals surface area contributed by atoms with Crippen molar-refractivity contribution in [3.05, 3.63) is 83.4 Å². The Bertz CT molecular complexity index is 1340. The number of rotatable bonds is 9. The molecule has 0 radical (unpaired) electrons. The molecule has 4 rings (SSSR count). The molecule has 0 fully saturated rings. The first-order valence-corrected chi connectivity index (χ1v) is 10.9. The fraction of sp³-hybridized carbons (Fsp3) is 0.192. The summed E-state index contributed by atoms with van der Waals surface area (Å²) in [5, 5.41) is 6.63. The summed E-state index contributed by atoms with van der Waals surface area (Å²) in [6.07, 6.45) is 2.27. The van der Waals surface area contributed by atoms with Crippen LogP contribution in [0.15, 0.2) is 77.9 Å². The second kappa shape index (κ2) is 10.5. The molecule has 1 heterocycles. The first kappa shape index (κ1) is 22.8. The Morgan fingerprint density at radius 1 is 0.912 bits per heavy atom. The van der Waals surface area contributed by atoms with Crippen LogP contribution < -0.4 is 25.7 Å². The van der Waals surface area contributed by atoms with E-state index in [0.717, 1.165) is 11.4 Å². The highest BCUT2D eigenvalue weighted by Gasteiger charge is 2.11. The molecule has 0 bridgehead atoms. The van der Waals surface area contributed by atoms with Gasteiger partial charge in [0.1, 0.15) is 0 Å². The summed E-state index contributed by atoms with van der Waals surface area (Å²) >= 11 is 0. The molecule has 34 heavy (non-hydrogen) atoms. The van der Waals surface area contributed by atoms with E-state index in [1.54, 1.807) is 12.1 Å². The number of nitrogens with zero attached hydrogens (tertiary/aromatic N) is 2. The van der Waals surface area contributed by atoms with E-state index in [4.69, 9.17) is 9.47 Å². The van der Waals surface area contributed by atoms with E-state index < -0.39 is 0 Å². The molecule has 0 spiro atoms. The number of methoxy groups -OCH3 is 2. The van der Waals surface area contributed by atoms with Crippen molar-refractivity contribution in [2.75, 3.05) is 24.9 Å². The molecular formula is C26H26N4O4. The summed E-state index contributed by atoms with van der Waals surface area (Å²) in [5.74, 6) is 0.869. The van der Waals surface area contributed by atoms with Crippen LogP contribution in [0.5, 0.6) is 11.5 Å². The van der Waals surface area contributed by atoms with Gasteiger partial charge in [-0.2, -0.15) is 0 Å². The van der Waals surface area contributed by atoms with Gasteiger partial charge in [0.25, 0.3) is 5.56 Å². The summed E-state index contributed by atoms with van der Waals surface area (Å²) in [5.41, 5.74) is 2.99. The number of para-hydroxylation sites is 1. The maximum absolute atomic E-state index is 12.8. The fourth-order valence-electron chi connectivity index (χ4n) is 3.60. The molecule has 1 amide bonds. The predicted octanol–water partition coefficient (Wildman–Crippen LogP) is 4.58. The van der Waals surface area contributed by atoms with E-state index >= 15 is 0 Å². The average Bonchev–Trinajstić information content (AvgIpc) is 2.86. The second-order valence-electron chi connectivity index (χ2n) is 7.69. The Kier molecular flexibility index (Phi) is 7.07. The van der Waals surface area contributed by atoms with E-state index in [1.165, 1.54) is 25.1 Å². The van der Waals surface area contributed by atoms with Gasteiger partial charge in [-0.25, -0.2) is 4.98 Å². The van der Waals surface area contributed by atoms with Crippen LogP contribution in [0.4, 0.5) is 17.1 Å². The monoisotopic (exact) mass is 458 g/mol. The highest BCUT2D eigenvalue weighted by molar-refractivity contribution is 5.90. The van der Waals surface area contributed by atoms with Crippen LogP contribution >= 0.6 is 0 Å². The molecule has 8 heteroatoms. The van der Waals surface area contributed by atoms with E-state index in [0.29, 0.717) is 41.1 Å². The minimum atomic E-state index is -0.187. The topological polar surface area (TPSA) is 94.5 Å². The molecule has 1 aromatic heterocycles. The van der Waals surface area contributed by atoms with Gasteiger partial charge in [-0.1, -0.05) is 18.2 Å². The number of fused-ring (bicyclic) bond motifs is 1.